The third kappa shape index (κ3) is 4.67. The van der Waals surface area contributed by atoms with Crippen LogP contribution in [0.2, 0.25) is 0 Å². The minimum absolute atomic E-state index is 0.0794. The van der Waals surface area contributed by atoms with Crippen molar-refractivity contribution in [1.82, 2.24) is 4.90 Å². The van der Waals surface area contributed by atoms with Gasteiger partial charge in [0, 0.05) is 31.9 Å². The zero-order valence-corrected chi connectivity index (χ0v) is 17.1. The molecule has 7 nitrogen and oxygen atoms in total. The second kappa shape index (κ2) is 9.07. The van der Waals surface area contributed by atoms with Crippen LogP contribution in [-0.4, -0.2) is 62.3 Å². The summed E-state index contributed by atoms with van der Waals surface area (Å²) < 4.78 is 16.4. The van der Waals surface area contributed by atoms with Gasteiger partial charge in [0.05, 0.1) is 6.42 Å². The summed E-state index contributed by atoms with van der Waals surface area (Å²) in [4.78, 5) is 29.1. The zero-order valence-electron chi connectivity index (χ0n) is 17.1. The number of para-hydroxylation sites is 1. The molecule has 0 bridgehead atoms. The average Bonchev–Trinajstić information content (AvgIpc) is 2.79. The summed E-state index contributed by atoms with van der Waals surface area (Å²) in [5, 5.41) is 0. The Hall–Kier alpha value is -3.22. The highest BCUT2D eigenvalue weighted by molar-refractivity contribution is 5.84. The average molecular weight is 410 g/mol. The molecule has 0 saturated carbocycles. The van der Waals surface area contributed by atoms with E-state index in [1.54, 1.807) is 24.0 Å². The molecule has 2 aromatic rings. The Kier molecular flexibility index (Phi) is 6.07. The van der Waals surface area contributed by atoms with Gasteiger partial charge in [-0.2, -0.15) is 0 Å². The first-order valence-electron chi connectivity index (χ1n) is 10.3. The number of amides is 1. The van der Waals surface area contributed by atoms with Crippen molar-refractivity contribution in [2.24, 2.45) is 0 Å². The highest BCUT2D eigenvalue weighted by Gasteiger charge is 2.27. The van der Waals surface area contributed by atoms with Crippen LogP contribution in [0.15, 0.2) is 48.5 Å². The molecule has 0 unspecified atom stereocenters. The lowest BCUT2D eigenvalue weighted by molar-refractivity contribution is -0.158. The standard InChI is InChI=1S/C23H26N2O5/c1-17(23(27)25-11-9-24(10-12-25)19-5-3-2-4-6-19)30-22(26)16-18-7-8-20-21(15-18)29-14-13-28-20/h2-8,15,17H,9-14,16H2,1H3/t17-/m0/s1. The number of fused-ring (bicyclic) bond motifs is 1. The number of nitrogens with zero attached hydrogens (tertiary/aromatic N) is 2. The van der Waals surface area contributed by atoms with Gasteiger partial charge in [-0.1, -0.05) is 24.3 Å². The monoisotopic (exact) mass is 410 g/mol. The van der Waals surface area contributed by atoms with E-state index < -0.39 is 12.1 Å². The fourth-order valence-corrected chi connectivity index (χ4v) is 3.73. The van der Waals surface area contributed by atoms with Gasteiger partial charge in [-0.25, -0.2) is 0 Å². The normalized spacial score (nSPS) is 16.7. The number of hydrogen-bond donors (Lipinski definition) is 0. The van der Waals surface area contributed by atoms with Gasteiger partial charge in [0.2, 0.25) is 0 Å². The van der Waals surface area contributed by atoms with Crippen molar-refractivity contribution in [3.8, 4) is 11.5 Å². The van der Waals surface area contributed by atoms with Gasteiger partial charge in [-0.3, -0.25) is 9.59 Å². The summed E-state index contributed by atoms with van der Waals surface area (Å²) >= 11 is 0. The number of anilines is 1. The van der Waals surface area contributed by atoms with Gasteiger partial charge < -0.3 is 24.0 Å². The van der Waals surface area contributed by atoms with Crippen molar-refractivity contribution in [3.05, 3.63) is 54.1 Å². The van der Waals surface area contributed by atoms with E-state index in [1.165, 1.54) is 0 Å². The van der Waals surface area contributed by atoms with Crippen LogP contribution in [0.25, 0.3) is 0 Å². The fourth-order valence-electron chi connectivity index (χ4n) is 3.73. The van der Waals surface area contributed by atoms with Gasteiger partial charge in [-0.05, 0) is 36.8 Å². The SMILES string of the molecule is C[C@H](OC(=O)Cc1ccc2c(c1)OCCO2)C(=O)N1CCN(c2ccccc2)CC1. The maximum absolute atomic E-state index is 12.7. The molecule has 2 aliphatic rings. The van der Waals surface area contributed by atoms with Crippen molar-refractivity contribution < 1.29 is 23.8 Å². The zero-order chi connectivity index (χ0) is 20.9. The predicted molar refractivity (Wildman–Crippen MR) is 112 cm³/mol. The number of benzene rings is 2. The smallest absolute Gasteiger partial charge is 0.311 e. The van der Waals surface area contributed by atoms with Crippen LogP contribution in [0, 0.1) is 0 Å². The number of ether oxygens (including phenoxy) is 3. The van der Waals surface area contributed by atoms with Gasteiger partial charge >= 0.3 is 5.97 Å². The third-order valence-corrected chi connectivity index (χ3v) is 5.32. The molecule has 0 N–H and O–H groups in total. The first-order chi connectivity index (χ1) is 14.6. The van der Waals surface area contributed by atoms with E-state index in [9.17, 15) is 9.59 Å². The third-order valence-electron chi connectivity index (χ3n) is 5.32. The molecule has 0 aliphatic carbocycles. The maximum Gasteiger partial charge on any atom is 0.311 e. The van der Waals surface area contributed by atoms with E-state index in [0.29, 0.717) is 37.8 Å². The topological polar surface area (TPSA) is 68.3 Å². The fraction of sp³-hybridized carbons (Fsp3) is 0.391. The minimum Gasteiger partial charge on any atom is -0.486 e. The Labute approximate surface area is 176 Å². The number of rotatable bonds is 5. The Balaban J connectivity index is 1.27. The van der Waals surface area contributed by atoms with E-state index in [1.807, 2.05) is 24.3 Å². The van der Waals surface area contributed by atoms with Gasteiger partial charge in [0.15, 0.2) is 17.6 Å². The quantitative estimate of drug-likeness (QED) is 0.705. The van der Waals surface area contributed by atoms with Crippen molar-refractivity contribution >= 4 is 17.6 Å². The molecule has 1 fully saturated rings. The molecular formula is C23H26N2O5. The molecule has 1 saturated heterocycles. The minimum atomic E-state index is -0.807. The lowest BCUT2D eigenvalue weighted by atomic mass is 10.1. The highest BCUT2D eigenvalue weighted by atomic mass is 16.6. The van der Waals surface area contributed by atoms with Crippen LogP contribution in [0.1, 0.15) is 12.5 Å². The Bertz CT molecular complexity index is 894. The summed E-state index contributed by atoms with van der Waals surface area (Å²) in [6, 6.07) is 15.5. The van der Waals surface area contributed by atoms with Crippen LogP contribution >= 0.6 is 0 Å². The highest BCUT2D eigenvalue weighted by Crippen LogP contribution is 2.31. The molecule has 0 radical (unpaired) electrons. The molecule has 4 rings (SSSR count). The van der Waals surface area contributed by atoms with Gasteiger partial charge in [0.25, 0.3) is 5.91 Å². The summed E-state index contributed by atoms with van der Waals surface area (Å²) in [6.07, 6.45) is -0.728. The molecule has 158 valence electrons. The first kappa shape index (κ1) is 20.1. The lowest BCUT2D eigenvalue weighted by Crippen LogP contribution is -2.51. The van der Waals surface area contributed by atoms with Crippen LogP contribution in [-0.2, 0) is 20.7 Å². The summed E-state index contributed by atoms with van der Waals surface area (Å²) in [5.74, 6) is 0.720. The van der Waals surface area contributed by atoms with Crippen molar-refractivity contribution in [2.45, 2.75) is 19.4 Å². The van der Waals surface area contributed by atoms with E-state index >= 15 is 0 Å². The second-order valence-electron chi connectivity index (χ2n) is 7.43. The summed E-state index contributed by atoms with van der Waals surface area (Å²) in [5.41, 5.74) is 1.92. The van der Waals surface area contributed by atoms with Gasteiger partial charge in [0.1, 0.15) is 13.2 Å². The van der Waals surface area contributed by atoms with E-state index in [2.05, 4.69) is 17.0 Å². The summed E-state index contributed by atoms with van der Waals surface area (Å²) in [7, 11) is 0. The van der Waals surface area contributed by atoms with E-state index in [-0.39, 0.29) is 12.3 Å². The van der Waals surface area contributed by atoms with Crippen LogP contribution in [0.3, 0.4) is 0 Å². The Morgan fingerprint density at radius 2 is 1.67 bits per heavy atom. The van der Waals surface area contributed by atoms with Crippen LogP contribution < -0.4 is 14.4 Å². The molecular weight excluding hydrogens is 384 g/mol. The number of carbonyl (C=O) groups excluding carboxylic acids is 2. The van der Waals surface area contributed by atoms with E-state index in [0.717, 1.165) is 24.3 Å². The molecule has 7 heteroatoms. The van der Waals surface area contributed by atoms with Crippen molar-refractivity contribution in [2.75, 3.05) is 44.3 Å². The molecule has 0 aromatic heterocycles. The molecule has 0 spiro atoms. The van der Waals surface area contributed by atoms with Crippen LogP contribution in [0.4, 0.5) is 5.69 Å². The van der Waals surface area contributed by atoms with E-state index in [4.69, 9.17) is 14.2 Å². The molecule has 1 amide bonds. The maximum atomic E-state index is 12.7. The molecule has 1 atom stereocenters. The molecule has 2 heterocycles. The first-order valence-corrected chi connectivity index (χ1v) is 10.3. The summed E-state index contributed by atoms with van der Waals surface area (Å²) in [6.45, 7) is 5.38. The largest absolute Gasteiger partial charge is 0.486 e. The van der Waals surface area contributed by atoms with Crippen molar-refractivity contribution in [3.63, 3.8) is 0 Å². The number of hydrogen-bond acceptors (Lipinski definition) is 6. The predicted octanol–water partition coefficient (Wildman–Crippen LogP) is 2.28. The number of esters is 1. The molecule has 2 aromatic carbocycles. The van der Waals surface area contributed by atoms with Crippen molar-refractivity contribution in [1.29, 1.82) is 0 Å². The Morgan fingerprint density at radius 1 is 0.967 bits per heavy atom. The number of carbonyl (C=O) groups is 2. The molecule has 2 aliphatic heterocycles. The molecule has 30 heavy (non-hydrogen) atoms. The van der Waals surface area contributed by atoms with Crippen LogP contribution in [0.5, 0.6) is 11.5 Å². The van der Waals surface area contributed by atoms with Gasteiger partial charge in [-0.15, -0.1) is 0 Å². The number of piperazine rings is 1. The second-order valence-corrected chi connectivity index (χ2v) is 7.43. The Morgan fingerprint density at radius 3 is 2.40 bits per heavy atom. The lowest BCUT2D eigenvalue weighted by Gasteiger charge is -2.37.